The molecule has 23 heavy (non-hydrogen) atoms. The zero-order valence-electron chi connectivity index (χ0n) is 13.8. The van der Waals surface area contributed by atoms with Gasteiger partial charge in [-0.25, -0.2) is 4.39 Å². The first-order chi connectivity index (χ1) is 11.0. The summed E-state index contributed by atoms with van der Waals surface area (Å²) in [4.78, 5) is 18.6. The minimum Gasteiger partial charge on any atom is -0.494 e. The lowest BCUT2D eigenvalue weighted by molar-refractivity contribution is 0.0686. The van der Waals surface area contributed by atoms with Crippen molar-refractivity contribution in [3.63, 3.8) is 0 Å². The highest BCUT2D eigenvalue weighted by molar-refractivity contribution is 5.94. The molecule has 1 aromatic heterocycles. The number of carbonyl (C=O) groups excluding carboxylic acids is 1. The first kappa shape index (κ1) is 16.9. The Kier molecular flexibility index (Phi) is 5.32. The van der Waals surface area contributed by atoms with Gasteiger partial charge >= 0.3 is 0 Å². The second-order valence-corrected chi connectivity index (χ2v) is 5.74. The summed E-state index contributed by atoms with van der Waals surface area (Å²) < 4.78 is 18.5. The van der Waals surface area contributed by atoms with Crippen molar-refractivity contribution in [1.82, 2.24) is 9.88 Å². The van der Waals surface area contributed by atoms with Crippen molar-refractivity contribution in [1.29, 1.82) is 0 Å². The number of methoxy groups -OCH3 is 1. The zero-order chi connectivity index (χ0) is 17.0. The van der Waals surface area contributed by atoms with Crippen LogP contribution in [0.2, 0.25) is 0 Å². The molecule has 0 spiro atoms. The molecule has 122 valence electrons. The van der Waals surface area contributed by atoms with Crippen molar-refractivity contribution in [2.24, 2.45) is 5.92 Å². The molecular weight excluding hydrogens is 295 g/mol. The fraction of sp³-hybridized carbons (Fsp3) is 0.333. The molecule has 1 atom stereocenters. The van der Waals surface area contributed by atoms with Crippen molar-refractivity contribution in [2.45, 2.75) is 19.9 Å². The lowest BCUT2D eigenvalue weighted by atomic mass is 9.95. The van der Waals surface area contributed by atoms with Crippen LogP contribution in [0.25, 0.3) is 0 Å². The van der Waals surface area contributed by atoms with Crippen LogP contribution >= 0.6 is 0 Å². The molecule has 1 amide bonds. The molecule has 2 aromatic rings. The second kappa shape index (κ2) is 7.22. The molecule has 4 nitrogen and oxygen atoms in total. The topological polar surface area (TPSA) is 42.4 Å². The van der Waals surface area contributed by atoms with Gasteiger partial charge in [0, 0.05) is 25.0 Å². The Labute approximate surface area is 135 Å². The molecular formula is C18H21FN2O2. The number of pyridine rings is 1. The Hall–Kier alpha value is -2.43. The highest BCUT2D eigenvalue weighted by atomic mass is 19.1. The normalized spacial score (nSPS) is 12.1. The third-order valence-electron chi connectivity index (χ3n) is 3.79. The largest absolute Gasteiger partial charge is 0.494 e. The van der Waals surface area contributed by atoms with Gasteiger partial charge in [0.1, 0.15) is 0 Å². The third-order valence-corrected chi connectivity index (χ3v) is 3.79. The number of hydrogen-bond acceptors (Lipinski definition) is 3. The number of ether oxygens (including phenoxy) is 1. The number of amides is 1. The minimum absolute atomic E-state index is 0.0618. The van der Waals surface area contributed by atoms with E-state index in [-0.39, 0.29) is 23.6 Å². The molecule has 0 N–H and O–H groups in total. The van der Waals surface area contributed by atoms with Gasteiger partial charge in [0.2, 0.25) is 0 Å². The van der Waals surface area contributed by atoms with E-state index < -0.39 is 5.82 Å². The van der Waals surface area contributed by atoms with Crippen LogP contribution in [0.5, 0.6) is 5.75 Å². The second-order valence-electron chi connectivity index (χ2n) is 5.74. The lowest BCUT2D eigenvalue weighted by Crippen LogP contribution is -2.34. The fourth-order valence-electron chi connectivity index (χ4n) is 2.73. The van der Waals surface area contributed by atoms with E-state index >= 15 is 0 Å². The van der Waals surface area contributed by atoms with Crippen molar-refractivity contribution < 1.29 is 13.9 Å². The first-order valence-electron chi connectivity index (χ1n) is 7.46. The first-order valence-corrected chi connectivity index (χ1v) is 7.46. The molecule has 0 fully saturated rings. The van der Waals surface area contributed by atoms with Gasteiger partial charge in [-0.1, -0.05) is 19.9 Å². The quantitative estimate of drug-likeness (QED) is 0.844. The molecule has 0 radical (unpaired) electrons. The average Bonchev–Trinajstić information content (AvgIpc) is 2.55. The van der Waals surface area contributed by atoms with Crippen LogP contribution in [-0.2, 0) is 0 Å². The van der Waals surface area contributed by atoms with Crippen molar-refractivity contribution >= 4 is 5.91 Å². The van der Waals surface area contributed by atoms with E-state index in [0.29, 0.717) is 5.56 Å². The summed E-state index contributed by atoms with van der Waals surface area (Å²) >= 11 is 0. The standard InChI is InChI=1S/C18H21FN2O2/c1-12(2)17(14-6-5-9-20-11-14)21(3)18(22)13-7-8-15(19)16(10-13)23-4/h5-12,17H,1-4H3/t17-/m0/s1. The predicted molar refractivity (Wildman–Crippen MR) is 86.9 cm³/mol. The summed E-state index contributed by atoms with van der Waals surface area (Å²) in [5.74, 6) is -0.410. The smallest absolute Gasteiger partial charge is 0.254 e. The van der Waals surface area contributed by atoms with Crippen LogP contribution in [0.1, 0.15) is 35.8 Å². The summed E-state index contributed by atoms with van der Waals surface area (Å²) in [7, 11) is 3.12. The van der Waals surface area contributed by atoms with Gasteiger partial charge < -0.3 is 9.64 Å². The fourth-order valence-corrected chi connectivity index (χ4v) is 2.73. The molecule has 0 bridgehead atoms. The Morgan fingerprint density at radius 2 is 2.04 bits per heavy atom. The van der Waals surface area contributed by atoms with Crippen LogP contribution < -0.4 is 4.74 Å². The summed E-state index contributed by atoms with van der Waals surface area (Å²) in [6.07, 6.45) is 3.47. The van der Waals surface area contributed by atoms with Gasteiger partial charge in [-0.05, 0) is 35.7 Å². The number of nitrogens with zero attached hydrogens (tertiary/aromatic N) is 2. The van der Waals surface area contributed by atoms with Crippen molar-refractivity contribution in [3.05, 3.63) is 59.7 Å². The Bertz CT molecular complexity index is 674. The van der Waals surface area contributed by atoms with E-state index in [0.717, 1.165) is 5.56 Å². The Morgan fingerprint density at radius 3 is 2.61 bits per heavy atom. The SMILES string of the molecule is COc1cc(C(=O)N(C)[C@H](c2cccnc2)C(C)C)ccc1F. The van der Waals surface area contributed by atoms with Gasteiger partial charge in [0.25, 0.3) is 5.91 Å². The number of halogens is 1. The Morgan fingerprint density at radius 1 is 1.30 bits per heavy atom. The molecule has 5 heteroatoms. The molecule has 1 heterocycles. The number of benzene rings is 1. The van der Waals surface area contributed by atoms with Crippen molar-refractivity contribution in [3.8, 4) is 5.75 Å². The van der Waals surface area contributed by atoms with Gasteiger partial charge in [-0.15, -0.1) is 0 Å². The molecule has 0 unspecified atom stereocenters. The average molecular weight is 316 g/mol. The molecule has 0 aliphatic heterocycles. The molecule has 2 rings (SSSR count). The summed E-state index contributed by atoms with van der Waals surface area (Å²) in [6.45, 7) is 4.10. The van der Waals surface area contributed by atoms with E-state index in [1.54, 1.807) is 24.3 Å². The predicted octanol–water partition coefficient (Wildman–Crippen LogP) is 3.70. The third kappa shape index (κ3) is 3.67. The maximum absolute atomic E-state index is 13.5. The van der Waals surface area contributed by atoms with E-state index in [4.69, 9.17) is 4.74 Å². The van der Waals surface area contributed by atoms with Crippen LogP contribution in [-0.4, -0.2) is 29.9 Å². The maximum atomic E-state index is 13.5. The Balaban J connectivity index is 2.33. The van der Waals surface area contributed by atoms with Gasteiger partial charge in [-0.2, -0.15) is 0 Å². The summed E-state index contributed by atoms with van der Waals surface area (Å²) in [6, 6.07) is 7.82. The molecule has 0 saturated carbocycles. The molecule has 0 aliphatic carbocycles. The van der Waals surface area contributed by atoms with Gasteiger partial charge in [0.05, 0.1) is 13.2 Å². The van der Waals surface area contributed by atoms with Crippen LogP contribution in [0.15, 0.2) is 42.7 Å². The minimum atomic E-state index is -0.487. The number of rotatable bonds is 5. The molecule has 0 saturated heterocycles. The zero-order valence-corrected chi connectivity index (χ0v) is 13.8. The van der Waals surface area contributed by atoms with E-state index in [2.05, 4.69) is 4.98 Å². The van der Waals surface area contributed by atoms with E-state index in [1.807, 2.05) is 26.0 Å². The highest BCUT2D eigenvalue weighted by Crippen LogP contribution is 2.29. The highest BCUT2D eigenvalue weighted by Gasteiger charge is 2.26. The molecule has 1 aromatic carbocycles. The summed E-state index contributed by atoms with van der Waals surface area (Å²) in [5.41, 5.74) is 1.35. The molecule has 0 aliphatic rings. The monoisotopic (exact) mass is 316 g/mol. The lowest BCUT2D eigenvalue weighted by Gasteiger charge is -2.31. The van der Waals surface area contributed by atoms with E-state index in [1.165, 1.54) is 25.3 Å². The number of aromatic nitrogens is 1. The number of carbonyl (C=O) groups is 1. The van der Waals surface area contributed by atoms with Crippen LogP contribution in [0.3, 0.4) is 0 Å². The van der Waals surface area contributed by atoms with Gasteiger partial charge in [0.15, 0.2) is 11.6 Å². The van der Waals surface area contributed by atoms with Crippen LogP contribution in [0, 0.1) is 11.7 Å². The number of hydrogen-bond donors (Lipinski definition) is 0. The van der Waals surface area contributed by atoms with Crippen molar-refractivity contribution in [2.75, 3.05) is 14.2 Å². The van der Waals surface area contributed by atoms with Gasteiger partial charge in [-0.3, -0.25) is 9.78 Å². The van der Waals surface area contributed by atoms with E-state index in [9.17, 15) is 9.18 Å². The summed E-state index contributed by atoms with van der Waals surface area (Å²) in [5, 5.41) is 0. The maximum Gasteiger partial charge on any atom is 0.254 e. The van der Waals surface area contributed by atoms with Crippen LogP contribution in [0.4, 0.5) is 4.39 Å².